The van der Waals surface area contributed by atoms with E-state index in [2.05, 4.69) is 16.7 Å². The molecule has 0 saturated carbocycles. The van der Waals surface area contributed by atoms with Crippen LogP contribution < -0.4 is 9.64 Å². The van der Waals surface area contributed by atoms with Crippen molar-refractivity contribution in [3.8, 4) is 5.75 Å². The van der Waals surface area contributed by atoms with E-state index in [4.69, 9.17) is 4.74 Å². The summed E-state index contributed by atoms with van der Waals surface area (Å²) in [7, 11) is 0. The maximum atomic E-state index is 13.2. The van der Waals surface area contributed by atoms with Crippen LogP contribution in [0.25, 0.3) is 6.08 Å². The third-order valence-electron chi connectivity index (χ3n) is 6.22. The largest absolute Gasteiger partial charge is 0.494 e. The molecular weight excluding hydrogens is 465 g/mol. The topological polar surface area (TPSA) is 53.1 Å². The molecule has 2 aliphatic rings. The molecule has 0 radical (unpaired) electrons. The Kier molecular flexibility index (Phi) is 8.82. The van der Waals surface area contributed by atoms with Crippen molar-refractivity contribution in [2.45, 2.75) is 32.6 Å². The van der Waals surface area contributed by atoms with E-state index < -0.39 is 0 Å². The van der Waals surface area contributed by atoms with Crippen LogP contribution in [0.4, 0.5) is 14.9 Å². The SMILES string of the molecule is CCCCCCOc1ccc(/C=C2\SC(=O)N(CN3CCN(c4ccc(F)cc4)CC3)C2=O)cc1. The van der Waals surface area contributed by atoms with Crippen LogP contribution in [-0.4, -0.2) is 60.4 Å². The van der Waals surface area contributed by atoms with Gasteiger partial charge in [-0.2, -0.15) is 0 Å². The molecule has 2 heterocycles. The van der Waals surface area contributed by atoms with Crippen LogP contribution in [0, 0.1) is 5.82 Å². The van der Waals surface area contributed by atoms with Gasteiger partial charge in [0.2, 0.25) is 0 Å². The normalized spacial score (nSPS) is 18.1. The molecule has 2 aromatic rings. The predicted molar refractivity (Wildman–Crippen MR) is 139 cm³/mol. The summed E-state index contributed by atoms with van der Waals surface area (Å²) in [6.45, 7) is 6.12. The zero-order chi connectivity index (χ0) is 24.6. The summed E-state index contributed by atoms with van der Waals surface area (Å²) in [6, 6.07) is 14.1. The number of benzene rings is 2. The monoisotopic (exact) mass is 497 g/mol. The van der Waals surface area contributed by atoms with Crippen molar-refractivity contribution < 1.29 is 18.7 Å². The van der Waals surface area contributed by atoms with Crippen molar-refractivity contribution in [2.75, 3.05) is 44.4 Å². The Bertz CT molecular complexity index is 1030. The zero-order valence-corrected chi connectivity index (χ0v) is 20.9. The fourth-order valence-corrected chi connectivity index (χ4v) is 4.98. The fraction of sp³-hybridized carbons (Fsp3) is 0.407. The van der Waals surface area contributed by atoms with E-state index >= 15 is 0 Å². The lowest BCUT2D eigenvalue weighted by atomic mass is 10.2. The van der Waals surface area contributed by atoms with Crippen LogP contribution in [0.5, 0.6) is 5.75 Å². The molecule has 0 N–H and O–H groups in total. The number of carbonyl (C=O) groups is 2. The first-order valence-corrected chi connectivity index (χ1v) is 13.1. The molecule has 2 amide bonds. The number of piperazine rings is 1. The fourth-order valence-electron chi connectivity index (χ4n) is 4.15. The molecule has 2 fully saturated rings. The number of ether oxygens (including phenoxy) is 1. The number of nitrogens with zero attached hydrogens (tertiary/aromatic N) is 3. The third kappa shape index (κ3) is 6.86. The van der Waals surface area contributed by atoms with Gasteiger partial charge < -0.3 is 9.64 Å². The molecule has 0 unspecified atom stereocenters. The van der Waals surface area contributed by atoms with Gasteiger partial charge in [-0.3, -0.25) is 19.4 Å². The van der Waals surface area contributed by atoms with Crippen LogP contribution in [0.2, 0.25) is 0 Å². The van der Waals surface area contributed by atoms with Crippen LogP contribution >= 0.6 is 11.8 Å². The molecule has 35 heavy (non-hydrogen) atoms. The Morgan fingerprint density at radius 1 is 0.943 bits per heavy atom. The minimum atomic E-state index is -0.253. The number of rotatable bonds is 10. The molecule has 6 nitrogen and oxygen atoms in total. The van der Waals surface area contributed by atoms with E-state index in [0.717, 1.165) is 61.4 Å². The van der Waals surface area contributed by atoms with Gasteiger partial charge in [0.25, 0.3) is 11.1 Å². The Morgan fingerprint density at radius 3 is 2.34 bits per heavy atom. The third-order valence-corrected chi connectivity index (χ3v) is 7.13. The van der Waals surface area contributed by atoms with Crippen molar-refractivity contribution >= 4 is 34.7 Å². The molecule has 2 saturated heterocycles. The van der Waals surface area contributed by atoms with Gasteiger partial charge in [0.15, 0.2) is 0 Å². The van der Waals surface area contributed by atoms with Gasteiger partial charge in [0.1, 0.15) is 11.6 Å². The average Bonchev–Trinajstić information content (AvgIpc) is 3.13. The number of amides is 2. The molecular formula is C27H32FN3O3S. The molecule has 0 aromatic heterocycles. The van der Waals surface area contributed by atoms with Crippen molar-refractivity contribution in [1.29, 1.82) is 0 Å². The summed E-state index contributed by atoms with van der Waals surface area (Å²) in [5.74, 6) is 0.311. The summed E-state index contributed by atoms with van der Waals surface area (Å²) in [5, 5.41) is -0.241. The highest BCUT2D eigenvalue weighted by Gasteiger charge is 2.36. The minimum Gasteiger partial charge on any atom is -0.494 e. The lowest BCUT2D eigenvalue weighted by Crippen LogP contribution is -2.50. The minimum absolute atomic E-state index is 0.241. The van der Waals surface area contributed by atoms with Crippen LogP contribution in [0.15, 0.2) is 53.4 Å². The first kappa shape index (κ1) is 25.3. The van der Waals surface area contributed by atoms with Crippen molar-refractivity contribution in [1.82, 2.24) is 9.80 Å². The number of halogens is 1. The second kappa shape index (κ2) is 12.2. The molecule has 8 heteroatoms. The first-order chi connectivity index (χ1) is 17.0. The Hall–Kier alpha value is -2.84. The van der Waals surface area contributed by atoms with Gasteiger partial charge >= 0.3 is 0 Å². The van der Waals surface area contributed by atoms with Gasteiger partial charge in [0.05, 0.1) is 18.2 Å². The maximum Gasteiger partial charge on any atom is 0.294 e. The average molecular weight is 498 g/mol. The second-order valence-electron chi connectivity index (χ2n) is 8.81. The molecule has 4 rings (SSSR count). The van der Waals surface area contributed by atoms with Crippen LogP contribution in [0.1, 0.15) is 38.2 Å². The highest BCUT2D eigenvalue weighted by Crippen LogP contribution is 2.32. The molecule has 186 valence electrons. The van der Waals surface area contributed by atoms with Crippen molar-refractivity contribution in [3.05, 3.63) is 64.8 Å². The Morgan fingerprint density at radius 2 is 1.66 bits per heavy atom. The molecule has 0 atom stereocenters. The number of carbonyl (C=O) groups excluding carboxylic acids is 2. The smallest absolute Gasteiger partial charge is 0.294 e. The highest BCUT2D eigenvalue weighted by atomic mass is 32.2. The maximum absolute atomic E-state index is 13.2. The summed E-state index contributed by atoms with van der Waals surface area (Å²) >= 11 is 0.984. The van der Waals surface area contributed by atoms with Gasteiger partial charge in [-0.15, -0.1) is 0 Å². The van der Waals surface area contributed by atoms with E-state index in [9.17, 15) is 14.0 Å². The predicted octanol–water partition coefficient (Wildman–Crippen LogP) is 5.60. The van der Waals surface area contributed by atoms with Crippen molar-refractivity contribution in [3.63, 3.8) is 0 Å². The number of thioether (sulfide) groups is 1. The standard InChI is InChI=1S/C27H32FN3O3S/c1-2-3-4-5-18-34-24-12-6-21(7-13-24)19-25-26(32)31(27(33)35-25)20-29-14-16-30(17-15-29)23-10-8-22(28)9-11-23/h6-13,19H,2-5,14-18,20H2,1H3/b25-19-. The van der Waals surface area contributed by atoms with Crippen molar-refractivity contribution in [2.24, 2.45) is 0 Å². The number of hydrogen-bond acceptors (Lipinski definition) is 6. The summed E-state index contributed by atoms with van der Waals surface area (Å²) < 4.78 is 19.0. The summed E-state index contributed by atoms with van der Waals surface area (Å²) in [5.41, 5.74) is 1.84. The van der Waals surface area contributed by atoms with Gasteiger partial charge in [0, 0.05) is 31.9 Å². The number of unbranched alkanes of at least 4 members (excludes halogenated alkanes) is 3. The van der Waals surface area contributed by atoms with Gasteiger partial charge in [-0.1, -0.05) is 38.3 Å². The number of hydrogen-bond donors (Lipinski definition) is 0. The molecule has 2 aromatic carbocycles. The van der Waals surface area contributed by atoms with Gasteiger partial charge in [-0.05, 0) is 66.2 Å². The van der Waals surface area contributed by atoms with Gasteiger partial charge in [-0.25, -0.2) is 4.39 Å². The number of anilines is 1. The number of imide groups is 1. The van der Waals surface area contributed by atoms with E-state index in [-0.39, 0.29) is 23.6 Å². The molecule has 0 aliphatic carbocycles. The first-order valence-electron chi connectivity index (χ1n) is 12.2. The lowest BCUT2D eigenvalue weighted by Gasteiger charge is -2.37. The van der Waals surface area contributed by atoms with Crippen LogP contribution in [0.3, 0.4) is 0 Å². The Labute approximate surface area is 210 Å². The highest BCUT2D eigenvalue weighted by molar-refractivity contribution is 8.18. The molecule has 2 aliphatic heterocycles. The summed E-state index contributed by atoms with van der Waals surface area (Å²) in [4.78, 5) is 31.5. The van der Waals surface area contributed by atoms with E-state index in [0.29, 0.717) is 11.5 Å². The lowest BCUT2D eigenvalue weighted by molar-refractivity contribution is -0.124. The van der Waals surface area contributed by atoms with E-state index in [1.54, 1.807) is 18.2 Å². The quantitative estimate of drug-likeness (QED) is 0.315. The van der Waals surface area contributed by atoms with E-state index in [1.165, 1.54) is 36.3 Å². The summed E-state index contributed by atoms with van der Waals surface area (Å²) in [6.07, 6.45) is 6.42. The molecule has 0 spiro atoms. The Balaban J connectivity index is 1.27. The van der Waals surface area contributed by atoms with Crippen LogP contribution in [-0.2, 0) is 4.79 Å². The molecule has 0 bridgehead atoms. The second-order valence-corrected chi connectivity index (χ2v) is 9.80. The zero-order valence-electron chi connectivity index (χ0n) is 20.1. The van der Waals surface area contributed by atoms with E-state index in [1.807, 2.05) is 24.3 Å².